The van der Waals surface area contributed by atoms with Gasteiger partial charge in [-0.05, 0) is 30.7 Å². The molecule has 0 amide bonds. The van der Waals surface area contributed by atoms with Crippen molar-refractivity contribution >= 4 is 10.0 Å². The topological polar surface area (TPSA) is 58.2 Å². The molecular formula is C12H19FN2O2S. The summed E-state index contributed by atoms with van der Waals surface area (Å²) in [6, 6.07) is 3.83. The number of benzene rings is 1. The quantitative estimate of drug-likeness (QED) is 0.794. The Balaban J connectivity index is 3.07. The smallest absolute Gasteiger partial charge is 0.240 e. The minimum atomic E-state index is -3.64. The van der Waals surface area contributed by atoms with Crippen molar-refractivity contribution in [3.63, 3.8) is 0 Å². The van der Waals surface area contributed by atoms with E-state index in [0.717, 1.165) is 12.6 Å². The van der Waals surface area contributed by atoms with Gasteiger partial charge in [-0.15, -0.1) is 0 Å². The van der Waals surface area contributed by atoms with Crippen molar-refractivity contribution in [2.45, 2.75) is 31.7 Å². The Morgan fingerprint density at radius 2 is 2.00 bits per heavy atom. The van der Waals surface area contributed by atoms with Crippen LogP contribution in [0.25, 0.3) is 0 Å². The zero-order valence-corrected chi connectivity index (χ0v) is 11.5. The van der Waals surface area contributed by atoms with Crippen LogP contribution in [-0.2, 0) is 16.6 Å². The lowest BCUT2D eigenvalue weighted by atomic mass is 10.2. The molecular weight excluding hydrogens is 255 g/mol. The second kappa shape index (κ2) is 6.82. The van der Waals surface area contributed by atoms with Gasteiger partial charge in [0.25, 0.3) is 0 Å². The zero-order chi connectivity index (χ0) is 13.6. The fourth-order valence-electron chi connectivity index (χ4n) is 1.50. The molecule has 1 aromatic rings. The van der Waals surface area contributed by atoms with Crippen LogP contribution in [0.1, 0.15) is 25.8 Å². The largest absolute Gasteiger partial charge is 0.313 e. The fraction of sp³-hybridized carbons (Fsp3) is 0.500. The van der Waals surface area contributed by atoms with Crippen LogP contribution in [0.5, 0.6) is 0 Å². The Bertz CT molecular complexity index is 489. The van der Waals surface area contributed by atoms with Gasteiger partial charge in [-0.25, -0.2) is 17.5 Å². The van der Waals surface area contributed by atoms with Crippen molar-refractivity contribution in [3.05, 3.63) is 29.6 Å². The summed E-state index contributed by atoms with van der Waals surface area (Å²) in [5, 5.41) is 3.04. The van der Waals surface area contributed by atoms with E-state index in [0.29, 0.717) is 25.1 Å². The number of nitrogens with one attached hydrogen (secondary N) is 2. The molecule has 0 fully saturated rings. The third-order valence-corrected chi connectivity index (χ3v) is 3.97. The first-order valence-corrected chi connectivity index (χ1v) is 7.48. The summed E-state index contributed by atoms with van der Waals surface area (Å²) >= 11 is 0. The van der Waals surface area contributed by atoms with E-state index < -0.39 is 15.8 Å². The summed E-state index contributed by atoms with van der Waals surface area (Å²) in [5.74, 6) is -0.549. The first-order chi connectivity index (χ1) is 8.51. The monoisotopic (exact) mass is 274 g/mol. The third-order valence-electron chi connectivity index (χ3n) is 2.43. The maximum atomic E-state index is 13.2. The molecule has 102 valence electrons. The summed E-state index contributed by atoms with van der Waals surface area (Å²) in [4.78, 5) is 0.0110. The number of sulfonamides is 1. The Morgan fingerprint density at radius 1 is 1.28 bits per heavy atom. The zero-order valence-electron chi connectivity index (χ0n) is 10.7. The van der Waals surface area contributed by atoms with Crippen LogP contribution in [0.2, 0.25) is 0 Å². The van der Waals surface area contributed by atoms with E-state index in [9.17, 15) is 12.8 Å². The highest BCUT2D eigenvalue weighted by Gasteiger charge is 2.18. The molecule has 0 radical (unpaired) electrons. The van der Waals surface area contributed by atoms with Crippen LogP contribution in [-0.4, -0.2) is 21.5 Å². The van der Waals surface area contributed by atoms with Gasteiger partial charge in [-0.1, -0.05) is 19.9 Å². The lowest BCUT2D eigenvalue weighted by Gasteiger charge is -2.11. The van der Waals surface area contributed by atoms with Gasteiger partial charge in [0.2, 0.25) is 10.0 Å². The molecule has 0 saturated heterocycles. The molecule has 0 spiro atoms. The molecule has 0 aliphatic heterocycles. The average molecular weight is 274 g/mol. The summed E-state index contributed by atoms with van der Waals surface area (Å²) in [7, 11) is -3.64. The molecule has 0 aliphatic carbocycles. The molecule has 0 aliphatic rings. The second-order valence-corrected chi connectivity index (χ2v) is 5.67. The van der Waals surface area contributed by atoms with Crippen LogP contribution >= 0.6 is 0 Å². The maximum Gasteiger partial charge on any atom is 0.240 e. The first kappa shape index (κ1) is 15.1. The van der Waals surface area contributed by atoms with Crippen LogP contribution in [0, 0.1) is 5.82 Å². The van der Waals surface area contributed by atoms with Crippen LogP contribution in [0.4, 0.5) is 4.39 Å². The third kappa shape index (κ3) is 4.04. The molecule has 18 heavy (non-hydrogen) atoms. The van der Waals surface area contributed by atoms with Crippen molar-refractivity contribution < 1.29 is 12.8 Å². The molecule has 0 saturated carbocycles. The van der Waals surface area contributed by atoms with E-state index >= 15 is 0 Å². The molecule has 0 unspecified atom stereocenters. The summed E-state index contributed by atoms with van der Waals surface area (Å²) in [5.41, 5.74) is 0.571. The van der Waals surface area contributed by atoms with Gasteiger partial charge < -0.3 is 5.32 Å². The van der Waals surface area contributed by atoms with Crippen LogP contribution < -0.4 is 10.0 Å². The molecule has 0 heterocycles. The molecule has 0 bridgehead atoms. The SMILES string of the molecule is CCCNS(=O)(=O)c1cc(F)ccc1CNCC. The normalized spacial score (nSPS) is 11.7. The van der Waals surface area contributed by atoms with Gasteiger partial charge in [0.15, 0.2) is 0 Å². The van der Waals surface area contributed by atoms with Gasteiger partial charge in [-0.2, -0.15) is 0 Å². The molecule has 6 heteroatoms. The summed E-state index contributed by atoms with van der Waals surface area (Å²) in [6.07, 6.45) is 0.692. The number of rotatable bonds is 7. The number of hydrogen-bond donors (Lipinski definition) is 2. The predicted octanol–water partition coefficient (Wildman–Crippen LogP) is 1.62. The van der Waals surface area contributed by atoms with Crippen LogP contribution in [0.3, 0.4) is 0 Å². The molecule has 1 rings (SSSR count). The van der Waals surface area contributed by atoms with E-state index in [2.05, 4.69) is 10.0 Å². The van der Waals surface area contributed by atoms with E-state index in [-0.39, 0.29) is 4.90 Å². The Hall–Kier alpha value is -0.980. The second-order valence-electron chi connectivity index (χ2n) is 3.93. The maximum absolute atomic E-state index is 13.2. The Kier molecular flexibility index (Phi) is 5.71. The lowest BCUT2D eigenvalue weighted by Crippen LogP contribution is -2.26. The van der Waals surface area contributed by atoms with Gasteiger partial charge in [0.05, 0.1) is 4.90 Å². The Labute approximate surface area is 108 Å². The van der Waals surface area contributed by atoms with Gasteiger partial charge in [-0.3, -0.25) is 0 Å². The average Bonchev–Trinajstić information content (AvgIpc) is 2.35. The molecule has 1 aromatic carbocycles. The van der Waals surface area contributed by atoms with E-state index in [1.807, 2.05) is 13.8 Å². The highest BCUT2D eigenvalue weighted by molar-refractivity contribution is 7.89. The highest BCUT2D eigenvalue weighted by Crippen LogP contribution is 2.17. The summed E-state index contributed by atoms with van der Waals surface area (Å²) in [6.45, 7) is 5.26. The highest BCUT2D eigenvalue weighted by atomic mass is 32.2. The first-order valence-electron chi connectivity index (χ1n) is 6.00. The van der Waals surface area contributed by atoms with E-state index in [4.69, 9.17) is 0 Å². The van der Waals surface area contributed by atoms with E-state index in [1.54, 1.807) is 0 Å². The van der Waals surface area contributed by atoms with Crippen molar-refractivity contribution in [1.29, 1.82) is 0 Å². The van der Waals surface area contributed by atoms with E-state index in [1.165, 1.54) is 12.1 Å². The van der Waals surface area contributed by atoms with Crippen molar-refractivity contribution in [2.24, 2.45) is 0 Å². The summed E-state index contributed by atoms with van der Waals surface area (Å²) < 4.78 is 39.7. The van der Waals surface area contributed by atoms with Crippen molar-refractivity contribution in [1.82, 2.24) is 10.0 Å². The van der Waals surface area contributed by atoms with Crippen LogP contribution in [0.15, 0.2) is 23.1 Å². The minimum absolute atomic E-state index is 0.0110. The molecule has 4 nitrogen and oxygen atoms in total. The minimum Gasteiger partial charge on any atom is -0.313 e. The van der Waals surface area contributed by atoms with Gasteiger partial charge in [0, 0.05) is 13.1 Å². The Morgan fingerprint density at radius 3 is 2.61 bits per heavy atom. The standard InChI is InChI=1S/C12H19FN2O2S/c1-3-7-15-18(16,17)12-8-11(13)6-5-10(12)9-14-4-2/h5-6,8,14-15H,3-4,7,9H2,1-2H3. The lowest BCUT2D eigenvalue weighted by molar-refractivity contribution is 0.573. The fourth-order valence-corrected chi connectivity index (χ4v) is 2.88. The van der Waals surface area contributed by atoms with Gasteiger partial charge >= 0.3 is 0 Å². The molecule has 2 N–H and O–H groups in total. The van der Waals surface area contributed by atoms with Crippen molar-refractivity contribution in [3.8, 4) is 0 Å². The van der Waals surface area contributed by atoms with Crippen molar-refractivity contribution in [2.75, 3.05) is 13.1 Å². The molecule has 0 aromatic heterocycles. The van der Waals surface area contributed by atoms with Gasteiger partial charge in [0.1, 0.15) is 5.82 Å². The molecule has 0 atom stereocenters. The number of hydrogen-bond acceptors (Lipinski definition) is 3. The number of halogens is 1. The predicted molar refractivity (Wildman–Crippen MR) is 69.3 cm³/mol.